The first-order valence-electron chi connectivity index (χ1n) is 10.7. The predicted octanol–water partition coefficient (Wildman–Crippen LogP) is 2.87. The molecule has 4 aliphatic rings. The summed E-state index contributed by atoms with van der Waals surface area (Å²) in [5.41, 5.74) is -0.329. The van der Waals surface area contributed by atoms with E-state index in [-0.39, 0.29) is 28.3 Å². The maximum Gasteiger partial charge on any atom is 0.295 e. The topological polar surface area (TPSA) is 69.6 Å². The lowest BCUT2D eigenvalue weighted by Gasteiger charge is -2.65. The molecule has 3 unspecified atom stereocenters. The second-order valence-electron chi connectivity index (χ2n) is 11.0. The van der Waals surface area contributed by atoms with Crippen LogP contribution in [0, 0.1) is 46.3 Å². The summed E-state index contributed by atoms with van der Waals surface area (Å²) >= 11 is 0. The van der Waals surface area contributed by atoms with Crippen LogP contribution in [-0.2, 0) is 4.79 Å². The summed E-state index contributed by atoms with van der Waals surface area (Å²) in [6.07, 6.45) is 12.8. The number of hydrogen-bond donors (Lipinski definition) is 3. The van der Waals surface area contributed by atoms with Crippen LogP contribution in [0.25, 0.3) is 0 Å². The van der Waals surface area contributed by atoms with Gasteiger partial charge in [-0.05, 0) is 91.3 Å². The lowest BCUT2D eigenvalue weighted by molar-refractivity contribution is -0.185. The lowest BCUT2D eigenvalue weighted by Crippen LogP contribution is -2.61. The molecule has 0 aromatic carbocycles. The number of amides is 1. The molecule has 4 saturated carbocycles. The van der Waals surface area contributed by atoms with Crippen molar-refractivity contribution in [3.63, 3.8) is 0 Å². The van der Waals surface area contributed by atoms with Crippen LogP contribution in [0.4, 0.5) is 0 Å². The van der Waals surface area contributed by atoms with Crippen molar-refractivity contribution in [2.24, 2.45) is 34.0 Å². The van der Waals surface area contributed by atoms with Crippen molar-refractivity contribution in [2.45, 2.75) is 83.8 Å². The SMILES string of the molecule is C#CC(=O)NC[C@]1(C)C[C@@H](O)C[C@]2(C)C1CC[C@]13CC(C)[C@](O)(CCC12)C3. The van der Waals surface area contributed by atoms with E-state index >= 15 is 0 Å². The number of fused-ring (bicyclic) bond motifs is 3. The van der Waals surface area contributed by atoms with Crippen LogP contribution in [0.2, 0.25) is 0 Å². The Balaban J connectivity index is 1.66. The van der Waals surface area contributed by atoms with E-state index in [0.717, 1.165) is 44.9 Å². The van der Waals surface area contributed by atoms with E-state index in [4.69, 9.17) is 6.42 Å². The van der Waals surface area contributed by atoms with E-state index in [1.165, 1.54) is 6.42 Å². The van der Waals surface area contributed by atoms with E-state index in [9.17, 15) is 15.0 Å². The Kier molecular flexibility index (Phi) is 4.26. The molecule has 4 fully saturated rings. The van der Waals surface area contributed by atoms with Gasteiger partial charge in [-0.15, -0.1) is 6.42 Å². The highest BCUT2D eigenvalue weighted by atomic mass is 16.3. The van der Waals surface area contributed by atoms with Gasteiger partial charge < -0.3 is 15.5 Å². The van der Waals surface area contributed by atoms with Crippen LogP contribution in [0.1, 0.15) is 72.1 Å². The second kappa shape index (κ2) is 5.97. The van der Waals surface area contributed by atoms with E-state index in [1.54, 1.807) is 0 Å². The highest BCUT2D eigenvalue weighted by Crippen LogP contribution is 2.72. The summed E-state index contributed by atoms with van der Waals surface area (Å²) < 4.78 is 0. The first-order chi connectivity index (χ1) is 12.6. The third-order valence-electron chi connectivity index (χ3n) is 9.42. The Labute approximate surface area is 163 Å². The van der Waals surface area contributed by atoms with Crippen LogP contribution in [0.3, 0.4) is 0 Å². The molecular formula is C23H35NO3. The fraction of sp³-hybridized carbons (Fsp3) is 0.870. The number of aliphatic hydroxyl groups excluding tert-OH is 1. The molecule has 1 spiro atoms. The van der Waals surface area contributed by atoms with Crippen molar-refractivity contribution in [2.75, 3.05) is 6.54 Å². The summed E-state index contributed by atoms with van der Waals surface area (Å²) in [5.74, 6) is 3.17. The summed E-state index contributed by atoms with van der Waals surface area (Å²) in [7, 11) is 0. The quantitative estimate of drug-likeness (QED) is 0.652. The number of aliphatic hydroxyl groups is 2. The number of rotatable bonds is 2. The van der Waals surface area contributed by atoms with E-state index in [0.29, 0.717) is 24.3 Å². The fourth-order valence-corrected chi connectivity index (χ4v) is 8.57. The van der Waals surface area contributed by atoms with Gasteiger partial charge in [0.25, 0.3) is 5.91 Å². The van der Waals surface area contributed by atoms with Gasteiger partial charge in [-0.3, -0.25) is 4.79 Å². The Morgan fingerprint density at radius 2 is 1.89 bits per heavy atom. The molecule has 3 N–H and O–H groups in total. The monoisotopic (exact) mass is 373 g/mol. The predicted molar refractivity (Wildman–Crippen MR) is 105 cm³/mol. The van der Waals surface area contributed by atoms with Gasteiger partial charge in [-0.2, -0.15) is 0 Å². The van der Waals surface area contributed by atoms with Crippen LogP contribution >= 0.6 is 0 Å². The van der Waals surface area contributed by atoms with Gasteiger partial charge in [0.15, 0.2) is 0 Å². The molecule has 4 nitrogen and oxygen atoms in total. The van der Waals surface area contributed by atoms with Gasteiger partial charge in [0.05, 0.1) is 11.7 Å². The third kappa shape index (κ3) is 2.69. The Morgan fingerprint density at radius 1 is 1.19 bits per heavy atom. The molecule has 0 aromatic rings. The molecule has 0 aromatic heterocycles. The van der Waals surface area contributed by atoms with E-state index in [1.807, 2.05) is 0 Å². The molecule has 27 heavy (non-hydrogen) atoms. The number of nitrogens with one attached hydrogen (secondary N) is 1. The van der Waals surface area contributed by atoms with Crippen LogP contribution in [-0.4, -0.2) is 34.4 Å². The summed E-state index contributed by atoms with van der Waals surface area (Å²) in [5, 5.41) is 24.8. The largest absolute Gasteiger partial charge is 0.393 e. The highest BCUT2D eigenvalue weighted by molar-refractivity contribution is 5.92. The van der Waals surface area contributed by atoms with E-state index in [2.05, 4.69) is 32.0 Å². The summed E-state index contributed by atoms with van der Waals surface area (Å²) in [4.78, 5) is 11.7. The van der Waals surface area contributed by atoms with Crippen molar-refractivity contribution in [3.8, 4) is 12.3 Å². The van der Waals surface area contributed by atoms with Crippen molar-refractivity contribution in [1.82, 2.24) is 5.32 Å². The normalized spacial score (nSPS) is 53.8. The molecule has 0 saturated heterocycles. The Morgan fingerprint density at radius 3 is 2.59 bits per heavy atom. The zero-order valence-corrected chi connectivity index (χ0v) is 17.1. The molecule has 150 valence electrons. The van der Waals surface area contributed by atoms with Crippen LogP contribution < -0.4 is 5.32 Å². The zero-order chi connectivity index (χ0) is 19.7. The van der Waals surface area contributed by atoms with Crippen molar-refractivity contribution in [3.05, 3.63) is 0 Å². The minimum absolute atomic E-state index is 0.0525. The Bertz CT molecular complexity index is 686. The smallest absolute Gasteiger partial charge is 0.295 e. The maximum absolute atomic E-state index is 11.7. The average Bonchev–Trinajstić information content (AvgIpc) is 2.76. The van der Waals surface area contributed by atoms with Gasteiger partial charge in [0.1, 0.15) is 0 Å². The molecule has 0 heterocycles. The number of terminal acetylenes is 1. The standard InChI is InChI=1S/C23H35NO3/c1-5-19(26)24-14-20(3)11-16(25)12-21(4)17(20)6-8-22-10-15(2)23(27,13-22)9-7-18(21)22/h1,15-18,25,27H,6-14H2,2-4H3,(H,24,26)/t15?,16-,17?,18?,20+,21-,22-,23+/m1/s1. The highest BCUT2D eigenvalue weighted by Gasteiger charge is 2.67. The lowest BCUT2D eigenvalue weighted by atomic mass is 9.40. The molecule has 4 aliphatic carbocycles. The van der Waals surface area contributed by atoms with Crippen LogP contribution in [0.15, 0.2) is 0 Å². The molecule has 2 bridgehead atoms. The first-order valence-corrected chi connectivity index (χ1v) is 10.7. The van der Waals surface area contributed by atoms with Gasteiger partial charge in [0, 0.05) is 6.54 Å². The summed E-state index contributed by atoms with van der Waals surface area (Å²) in [6.45, 7) is 7.37. The van der Waals surface area contributed by atoms with Crippen LogP contribution in [0.5, 0.6) is 0 Å². The van der Waals surface area contributed by atoms with Crippen molar-refractivity contribution >= 4 is 5.91 Å². The minimum atomic E-state index is -0.475. The second-order valence-corrected chi connectivity index (χ2v) is 11.0. The van der Waals surface area contributed by atoms with Crippen molar-refractivity contribution < 1.29 is 15.0 Å². The third-order valence-corrected chi connectivity index (χ3v) is 9.42. The van der Waals surface area contributed by atoms with Gasteiger partial charge in [-0.25, -0.2) is 0 Å². The molecule has 1 amide bonds. The van der Waals surface area contributed by atoms with Gasteiger partial charge in [-0.1, -0.05) is 20.8 Å². The Hall–Kier alpha value is -1.05. The number of carbonyl (C=O) groups excluding carboxylic acids is 1. The molecule has 4 rings (SSSR count). The molecule has 8 atom stereocenters. The fourth-order valence-electron chi connectivity index (χ4n) is 8.57. The van der Waals surface area contributed by atoms with Gasteiger partial charge in [0.2, 0.25) is 0 Å². The molecule has 4 heteroatoms. The minimum Gasteiger partial charge on any atom is -0.393 e. The first kappa shape index (κ1) is 19.3. The molecular weight excluding hydrogens is 338 g/mol. The molecule has 0 aliphatic heterocycles. The number of carbonyl (C=O) groups is 1. The zero-order valence-electron chi connectivity index (χ0n) is 17.1. The molecule has 0 radical (unpaired) electrons. The van der Waals surface area contributed by atoms with E-state index < -0.39 is 5.60 Å². The number of hydrogen-bond acceptors (Lipinski definition) is 3. The summed E-state index contributed by atoms with van der Waals surface area (Å²) in [6, 6.07) is 0. The van der Waals surface area contributed by atoms with Crippen molar-refractivity contribution in [1.29, 1.82) is 0 Å². The average molecular weight is 374 g/mol. The maximum atomic E-state index is 11.7. The van der Waals surface area contributed by atoms with Gasteiger partial charge >= 0.3 is 0 Å².